The second-order valence-electron chi connectivity index (χ2n) is 10.3. The van der Waals surface area contributed by atoms with Gasteiger partial charge in [0, 0.05) is 6.08 Å². The highest BCUT2D eigenvalue weighted by Crippen LogP contribution is 2.09. The van der Waals surface area contributed by atoms with Gasteiger partial charge in [-0.25, -0.2) is 9.80 Å². The molecule has 3 amide bonds. The molecule has 0 heterocycles. The number of carbonyl (C=O) groups is 4. The fourth-order valence-electron chi connectivity index (χ4n) is 3.47. The predicted molar refractivity (Wildman–Crippen MR) is 148 cm³/mol. The van der Waals surface area contributed by atoms with Crippen molar-refractivity contribution in [2.45, 2.75) is 65.7 Å². The summed E-state index contributed by atoms with van der Waals surface area (Å²) in [6, 6.07) is 17.9. The molecule has 0 unspecified atom stereocenters. The summed E-state index contributed by atoms with van der Waals surface area (Å²) in [6.07, 6.45) is 3.53. The number of nitrogens with one attached hydrogen (secondary N) is 2. The zero-order chi connectivity index (χ0) is 28.8. The van der Waals surface area contributed by atoms with Crippen molar-refractivity contribution in [2.24, 2.45) is 5.92 Å². The third-order valence-electron chi connectivity index (χ3n) is 5.36. The van der Waals surface area contributed by atoms with Gasteiger partial charge in [0.05, 0.1) is 0 Å². The van der Waals surface area contributed by atoms with Crippen LogP contribution in [0.3, 0.4) is 0 Å². The minimum atomic E-state index is -1.02. The smallest absolute Gasteiger partial charge is 0.408 e. The van der Waals surface area contributed by atoms with Crippen LogP contribution in [0.5, 0.6) is 0 Å². The van der Waals surface area contributed by atoms with Crippen LogP contribution in [-0.4, -0.2) is 47.1 Å². The number of allylic oxidation sites excluding steroid dienone is 1. The molecule has 9 heteroatoms. The summed E-state index contributed by atoms with van der Waals surface area (Å²) < 4.78 is 10.6. The summed E-state index contributed by atoms with van der Waals surface area (Å²) in [5.41, 5.74) is 3.62. The lowest BCUT2D eigenvalue weighted by atomic mass is 10.0. The van der Waals surface area contributed by atoms with Gasteiger partial charge in [-0.3, -0.25) is 19.8 Å². The van der Waals surface area contributed by atoms with Crippen LogP contribution < -0.4 is 10.7 Å². The summed E-state index contributed by atoms with van der Waals surface area (Å²) in [5.74, 6) is -2.30. The SMILES string of the molecule is CC(C)[C@H](NC(=O)OCc1ccccc1)C(=O)NN(CC(=O)OC(C)(C)C)C(=O)/C=C/CCc1ccccc1. The molecule has 0 aromatic heterocycles. The Morgan fingerprint density at radius 1 is 0.923 bits per heavy atom. The van der Waals surface area contributed by atoms with Gasteiger partial charge in [-0.2, -0.15) is 0 Å². The number of hydrazine groups is 1. The molecular weight excluding hydrogens is 498 g/mol. The van der Waals surface area contributed by atoms with E-state index in [0.717, 1.165) is 22.6 Å². The van der Waals surface area contributed by atoms with Gasteiger partial charge in [-0.1, -0.05) is 80.6 Å². The van der Waals surface area contributed by atoms with Crippen molar-refractivity contribution < 1.29 is 28.7 Å². The lowest BCUT2D eigenvalue weighted by molar-refractivity contribution is -0.160. The summed E-state index contributed by atoms with van der Waals surface area (Å²) in [4.78, 5) is 51.0. The standard InChI is InChI=1S/C30H39N3O6/c1-22(2)27(31-29(37)38-21-24-17-10-7-11-18-24)28(36)32-33(20-26(35)39-30(3,4)5)25(34)19-13-12-16-23-14-8-6-9-15-23/h6-11,13-15,17-19,22,27H,12,16,20-21H2,1-5H3,(H,31,37)(H,32,36)/b19-13+/t27-/m0/s1. The Hall–Kier alpha value is -4.14. The number of rotatable bonds is 11. The Bertz CT molecular complexity index is 1110. The number of ether oxygens (including phenoxy) is 2. The van der Waals surface area contributed by atoms with E-state index in [0.29, 0.717) is 6.42 Å². The van der Waals surface area contributed by atoms with E-state index in [2.05, 4.69) is 10.7 Å². The van der Waals surface area contributed by atoms with Crippen molar-refractivity contribution in [1.82, 2.24) is 15.8 Å². The Labute approximate surface area is 230 Å². The van der Waals surface area contributed by atoms with Gasteiger partial charge in [0.1, 0.15) is 24.8 Å². The van der Waals surface area contributed by atoms with Crippen molar-refractivity contribution in [3.05, 3.63) is 83.9 Å². The number of hydrogen-bond donors (Lipinski definition) is 2. The second kappa shape index (κ2) is 15.3. The number of aryl methyl sites for hydroxylation is 1. The number of alkyl carbamates (subject to hydrolysis) is 1. The molecule has 0 saturated heterocycles. The molecule has 0 saturated carbocycles. The maximum atomic E-state index is 13.1. The van der Waals surface area contributed by atoms with Crippen molar-refractivity contribution in [3.8, 4) is 0 Å². The van der Waals surface area contributed by atoms with E-state index >= 15 is 0 Å². The van der Waals surface area contributed by atoms with E-state index in [9.17, 15) is 19.2 Å². The first-order chi connectivity index (χ1) is 18.4. The Morgan fingerprint density at radius 2 is 1.51 bits per heavy atom. The molecule has 0 spiro atoms. The first-order valence-electron chi connectivity index (χ1n) is 13.0. The van der Waals surface area contributed by atoms with Crippen LogP contribution in [0.25, 0.3) is 0 Å². The monoisotopic (exact) mass is 537 g/mol. The molecule has 2 rings (SSSR count). The van der Waals surface area contributed by atoms with E-state index in [1.165, 1.54) is 6.08 Å². The van der Waals surface area contributed by atoms with E-state index < -0.39 is 42.1 Å². The van der Waals surface area contributed by atoms with Crippen LogP contribution in [0.4, 0.5) is 4.79 Å². The summed E-state index contributed by atoms with van der Waals surface area (Å²) in [6.45, 7) is 8.14. The van der Waals surface area contributed by atoms with E-state index in [1.54, 1.807) is 40.7 Å². The van der Waals surface area contributed by atoms with Crippen molar-refractivity contribution in [1.29, 1.82) is 0 Å². The maximum absolute atomic E-state index is 13.1. The third-order valence-corrected chi connectivity index (χ3v) is 5.36. The largest absolute Gasteiger partial charge is 0.459 e. The Balaban J connectivity index is 2.05. The van der Waals surface area contributed by atoms with Gasteiger partial charge in [-0.15, -0.1) is 0 Å². The highest BCUT2D eigenvalue weighted by atomic mass is 16.6. The van der Waals surface area contributed by atoms with Gasteiger partial charge in [0.15, 0.2) is 0 Å². The molecule has 2 aromatic carbocycles. The Kier molecular flexibility index (Phi) is 12.2. The van der Waals surface area contributed by atoms with Gasteiger partial charge in [-0.05, 0) is 50.7 Å². The second-order valence-corrected chi connectivity index (χ2v) is 10.3. The number of benzene rings is 2. The topological polar surface area (TPSA) is 114 Å². The zero-order valence-corrected chi connectivity index (χ0v) is 23.3. The third kappa shape index (κ3) is 12.3. The fourth-order valence-corrected chi connectivity index (χ4v) is 3.47. The average Bonchev–Trinajstić information content (AvgIpc) is 2.88. The molecule has 0 aliphatic carbocycles. The van der Waals surface area contributed by atoms with Crippen LogP contribution in [-0.2, 0) is 36.9 Å². The fraction of sp³-hybridized carbons (Fsp3) is 0.400. The number of carbonyl (C=O) groups excluding carboxylic acids is 4. The first kappa shape index (κ1) is 31.1. The molecule has 0 aliphatic heterocycles. The van der Waals surface area contributed by atoms with Crippen molar-refractivity contribution >= 4 is 23.9 Å². The Morgan fingerprint density at radius 3 is 2.08 bits per heavy atom. The van der Waals surface area contributed by atoms with Gasteiger partial charge >= 0.3 is 12.1 Å². The highest BCUT2D eigenvalue weighted by Gasteiger charge is 2.29. The van der Waals surface area contributed by atoms with Crippen LogP contribution in [0, 0.1) is 5.92 Å². The summed E-state index contributed by atoms with van der Waals surface area (Å²) in [5, 5.41) is 3.44. The lowest BCUT2D eigenvalue weighted by Gasteiger charge is -2.28. The molecule has 0 aliphatic rings. The van der Waals surface area contributed by atoms with Crippen LogP contribution in [0.1, 0.15) is 52.2 Å². The van der Waals surface area contributed by atoms with Gasteiger partial charge < -0.3 is 14.8 Å². The zero-order valence-electron chi connectivity index (χ0n) is 23.3. The molecule has 0 radical (unpaired) electrons. The van der Waals surface area contributed by atoms with Gasteiger partial charge in [0.25, 0.3) is 11.8 Å². The molecule has 39 heavy (non-hydrogen) atoms. The van der Waals surface area contributed by atoms with E-state index in [1.807, 2.05) is 60.7 Å². The maximum Gasteiger partial charge on any atom is 0.408 e. The normalized spacial score (nSPS) is 12.1. The molecular formula is C30H39N3O6. The van der Waals surface area contributed by atoms with Crippen molar-refractivity contribution in [3.63, 3.8) is 0 Å². The van der Waals surface area contributed by atoms with Crippen LogP contribution >= 0.6 is 0 Å². The van der Waals surface area contributed by atoms with Gasteiger partial charge in [0.2, 0.25) is 0 Å². The molecule has 0 fully saturated rings. The minimum absolute atomic E-state index is 0.0378. The summed E-state index contributed by atoms with van der Waals surface area (Å²) >= 11 is 0. The van der Waals surface area contributed by atoms with E-state index in [4.69, 9.17) is 9.47 Å². The van der Waals surface area contributed by atoms with Crippen LogP contribution in [0.2, 0.25) is 0 Å². The molecule has 2 N–H and O–H groups in total. The lowest BCUT2D eigenvalue weighted by Crippen LogP contribution is -2.57. The summed E-state index contributed by atoms with van der Waals surface area (Å²) in [7, 11) is 0. The average molecular weight is 538 g/mol. The number of amides is 3. The molecule has 0 bridgehead atoms. The molecule has 2 aromatic rings. The van der Waals surface area contributed by atoms with Crippen molar-refractivity contribution in [2.75, 3.05) is 6.54 Å². The number of hydrogen-bond acceptors (Lipinski definition) is 6. The quantitative estimate of drug-likeness (QED) is 0.251. The predicted octanol–water partition coefficient (Wildman–Crippen LogP) is 4.33. The van der Waals surface area contributed by atoms with Crippen LogP contribution in [0.15, 0.2) is 72.8 Å². The van der Waals surface area contributed by atoms with E-state index in [-0.39, 0.29) is 12.5 Å². The number of esters is 1. The first-order valence-corrected chi connectivity index (χ1v) is 13.0. The molecule has 9 nitrogen and oxygen atoms in total. The highest BCUT2D eigenvalue weighted by molar-refractivity contribution is 5.93. The number of nitrogens with zero attached hydrogens (tertiary/aromatic N) is 1. The minimum Gasteiger partial charge on any atom is -0.459 e. The molecule has 210 valence electrons. The molecule has 1 atom stereocenters.